The van der Waals surface area contributed by atoms with Crippen LogP contribution in [0.3, 0.4) is 0 Å². The Labute approximate surface area is 169 Å². The summed E-state index contributed by atoms with van der Waals surface area (Å²) in [6.45, 7) is 0.842. The van der Waals surface area contributed by atoms with Gasteiger partial charge in [0.2, 0.25) is 0 Å². The first-order valence-corrected chi connectivity index (χ1v) is 9.22. The summed E-state index contributed by atoms with van der Waals surface area (Å²) in [5.41, 5.74) is 1.42. The van der Waals surface area contributed by atoms with Crippen LogP contribution in [0.5, 0.6) is 23.0 Å². The Balaban J connectivity index is 1.39. The second-order valence-corrected chi connectivity index (χ2v) is 6.53. The van der Waals surface area contributed by atoms with Crippen LogP contribution >= 0.6 is 0 Å². The number of hydrogen-bond donors (Lipinski definition) is 3. The third-order valence-corrected chi connectivity index (χ3v) is 4.51. The van der Waals surface area contributed by atoms with Crippen molar-refractivity contribution < 1.29 is 19.0 Å². The Bertz CT molecular complexity index is 1310. The van der Waals surface area contributed by atoms with Gasteiger partial charge in [-0.3, -0.25) is 9.78 Å². The quantitative estimate of drug-likeness (QED) is 0.481. The highest BCUT2D eigenvalue weighted by Gasteiger charge is 2.20. The zero-order chi connectivity index (χ0) is 20.5. The maximum absolute atomic E-state index is 12.8. The highest BCUT2D eigenvalue weighted by Crippen LogP contribution is 2.34. The molecule has 0 bridgehead atoms. The van der Waals surface area contributed by atoms with Gasteiger partial charge in [0.15, 0.2) is 22.9 Å². The number of aromatic nitrogens is 3. The number of nitrogens with zero attached hydrogens (tertiary/aromatic N) is 1. The number of nitrogens with one attached hydrogen (secondary N) is 3. The Morgan fingerprint density at radius 3 is 2.87 bits per heavy atom. The van der Waals surface area contributed by atoms with Crippen molar-refractivity contribution in [2.45, 2.75) is 0 Å². The number of anilines is 1. The van der Waals surface area contributed by atoms with E-state index in [2.05, 4.69) is 20.3 Å². The highest BCUT2D eigenvalue weighted by atomic mass is 16.6. The zero-order valence-corrected chi connectivity index (χ0v) is 15.6. The summed E-state index contributed by atoms with van der Waals surface area (Å²) in [6, 6.07) is 13.8. The van der Waals surface area contributed by atoms with Gasteiger partial charge in [-0.1, -0.05) is 12.1 Å². The molecule has 0 saturated carbocycles. The molecule has 1 aliphatic rings. The average molecular weight is 404 g/mol. The molecule has 0 saturated heterocycles. The van der Waals surface area contributed by atoms with Crippen LogP contribution in [0.1, 0.15) is 10.4 Å². The molecule has 150 valence electrons. The molecule has 5 rings (SSSR count). The minimum Gasteiger partial charge on any atom is -0.486 e. The molecule has 30 heavy (non-hydrogen) atoms. The van der Waals surface area contributed by atoms with Crippen molar-refractivity contribution in [3.05, 3.63) is 70.8 Å². The fraction of sp³-hybridized carbons (Fsp3) is 0.0952. The number of carbonyl (C=O) groups is 1. The van der Waals surface area contributed by atoms with Crippen LogP contribution in [0, 0.1) is 0 Å². The smallest absolute Gasteiger partial charge is 0.325 e. The molecule has 2 aromatic carbocycles. The first-order chi connectivity index (χ1) is 14.7. The molecule has 1 aliphatic heterocycles. The summed E-state index contributed by atoms with van der Waals surface area (Å²) in [5.74, 6) is 1.58. The lowest BCUT2D eigenvalue weighted by atomic mass is 10.1. The van der Waals surface area contributed by atoms with Crippen molar-refractivity contribution in [3.8, 4) is 23.0 Å². The minimum absolute atomic E-state index is 0.323. The number of imidazole rings is 1. The highest BCUT2D eigenvalue weighted by molar-refractivity contribution is 6.06. The molecule has 3 heterocycles. The van der Waals surface area contributed by atoms with Crippen LogP contribution in [0.4, 0.5) is 5.69 Å². The van der Waals surface area contributed by atoms with E-state index in [9.17, 15) is 9.59 Å². The molecule has 9 nitrogen and oxygen atoms in total. The number of aromatic amines is 2. The molecule has 2 aromatic heterocycles. The molecule has 0 atom stereocenters. The van der Waals surface area contributed by atoms with E-state index in [0.29, 0.717) is 58.6 Å². The Morgan fingerprint density at radius 2 is 1.93 bits per heavy atom. The SMILES string of the molecule is O=C(Nc1cccc(Oc2ccnc3[nH]c(=O)[nH]c23)c1)c1cccc2c1OCCO2. The van der Waals surface area contributed by atoms with Crippen LogP contribution in [0.2, 0.25) is 0 Å². The van der Waals surface area contributed by atoms with Crippen molar-refractivity contribution in [1.29, 1.82) is 0 Å². The fourth-order valence-electron chi connectivity index (χ4n) is 3.21. The van der Waals surface area contributed by atoms with Crippen LogP contribution < -0.4 is 25.2 Å². The predicted molar refractivity (Wildman–Crippen MR) is 109 cm³/mol. The van der Waals surface area contributed by atoms with Crippen molar-refractivity contribution in [1.82, 2.24) is 15.0 Å². The molecule has 4 aromatic rings. The van der Waals surface area contributed by atoms with Crippen LogP contribution in [-0.4, -0.2) is 34.1 Å². The summed E-state index contributed by atoms with van der Waals surface area (Å²) in [6.07, 6.45) is 1.54. The molecular weight excluding hydrogens is 388 g/mol. The van der Waals surface area contributed by atoms with Crippen molar-refractivity contribution in [2.24, 2.45) is 0 Å². The average Bonchev–Trinajstić information content (AvgIpc) is 3.15. The molecule has 1 amide bonds. The van der Waals surface area contributed by atoms with Gasteiger partial charge in [0.25, 0.3) is 5.91 Å². The number of ether oxygens (including phenoxy) is 3. The number of fused-ring (bicyclic) bond motifs is 2. The van der Waals surface area contributed by atoms with E-state index in [1.807, 2.05) is 0 Å². The molecule has 0 aliphatic carbocycles. The molecule has 0 radical (unpaired) electrons. The molecule has 0 fully saturated rings. The van der Waals surface area contributed by atoms with E-state index in [0.717, 1.165) is 0 Å². The van der Waals surface area contributed by atoms with Crippen LogP contribution in [0.15, 0.2) is 59.5 Å². The van der Waals surface area contributed by atoms with E-state index in [-0.39, 0.29) is 11.6 Å². The maximum Gasteiger partial charge on any atom is 0.325 e. The standard InChI is InChI=1S/C21H16N4O5/c26-20(14-5-2-6-16-18(14)29-10-9-28-16)23-12-3-1-4-13(11-12)30-15-7-8-22-19-17(15)24-21(27)25-19/h1-8,11H,9-10H2,(H,23,26)(H2,22,24,25,27). The number of benzene rings is 2. The Morgan fingerprint density at radius 1 is 1.07 bits per heavy atom. The normalized spacial score (nSPS) is 12.5. The van der Waals surface area contributed by atoms with Crippen LogP contribution in [-0.2, 0) is 0 Å². The lowest BCUT2D eigenvalue weighted by molar-refractivity contribution is 0.101. The number of amides is 1. The van der Waals surface area contributed by atoms with E-state index in [4.69, 9.17) is 14.2 Å². The molecule has 0 spiro atoms. The number of carbonyl (C=O) groups excluding carboxylic acids is 1. The molecular formula is C21H16N4O5. The van der Waals surface area contributed by atoms with Gasteiger partial charge in [0.1, 0.15) is 24.5 Å². The monoisotopic (exact) mass is 404 g/mol. The summed E-state index contributed by atoms with van der Waals surface area (Å²) in [7, 11) is 0. The van der Waals surface area contributed by atoms with E-state index in [1.54, 1.807) is 48.5 Å². The van der Waals surface area contributed by atoms with Crippen molar-refractivity contribution >= 4 is 22.8 Å². The second-order valence-electron chi connectivity index (χ2n) is 6.53. The van der Waals surface area contributed by atoms with Crippen molar-refractivity contribution in [2.75, 3.05) is 18.5 Å². The van der Waals surface area contributed by atoms with Crippen molar-refractivity contribution in [3.63, 3.8) is 0 Å². The lowest BCUT2D eigenvalue weighted by Crippen LogP contribution is -2.20. The number of pyridine rings is 1. The third-order valence-electron chi connectivity index (χ3n) is 4.51. The van der Waals surface area contributed by atoms with E-state index < -0.39 is 0 Å². The Hall–Kier alpha value is -4.27. The molecule has 0 unspecified atom stereocenters. The topological polar surface area (TPSA) is 118 Å². The van der Waals surface area contributed by atoms with E-state index in [1.165, 1.54) is 6.20 Å². The fourth-order valence-corrected chi connectivity index (χ4v) is 3.21. The van der Waals surface area contributed by atoms with E-state index >= 15 is 0 Å². The number of para-hydroxylation sites is 1. The first-order valence-electron chi connectivity index (χ1n) is 9.22. The van der Waals surface area contributed by atoms with Gasteiger partial charge in [0.05, 0.1) is 5.56 Å². The number of rotatable bonds is 4. The van der Waals surface area contributed by atoms with Gasteiger partial charge < -0.3 is 24.5 Å². The second kappa shape index (κ2) is 7.28. The molecule has 3 N–H and O–H groups in total. The van der Waals surface area contributed by atoms with Gasteiger partial charge in [-0.05, 0) is 24.3 Å². The summed E-state index contributed by atoms with van der Waals surface area (Å²) >= 11 is 0. The van der Waals surface area contributed by atoms with Gasteiger partial charge >= 0.3 is 5.69 Å². The Kier molecular flexibility index (Phi) is 4.32. The van der Waals surface area contributed by atoms with Gasteiger partial charge in [0, 0.05) is 24.0 Å². The molecule has 9 heteroatoms. The van der Waals surface area contributed by atoms with Gasteiger partial charge in [-0.25, -0.2) is 9.78 Å². The van der Waals surface area contributed by atoms with Crippen LogP contribution in [0.25, 0.3) is 11.2 Å². The zero-order valence-electron chi connectivity index (χ0n) is 15.6. The number of hydrogen-bond acceptors (Lipinski definition) is 6. The summed E-state index contributed by atoms with van der Waals surface area (Å²) < 4.78 is 17.0. The van der Waals surface area contributed by atoms with Gasteiger partial charge in [-0.15, -0.1) is 0 Å². The maximum atomic E-state index is 12.8. The van der Waals surface area contributed by atoms with Gasteiger partial charge in [-0.2, -0.15) is 0 Å². The lowest BCUT2D eigenvalue weighted by Gasteiger charge is -2.20. The summed E-state index contributed by atoms with van der Waals surface area (Å²) in [5, 5.41) is 2.84. The minimum atomic E-state index is -0.369. The summed E-state index contributed by atoms with van der Waals surface area (Å²) in [4.78, 5) is 33.6. The first kappa shape index (κ1) is 17.8. The third kappa shape index (κ3) is 3.32. The number of H-pyrrole nitrogens is 2. The predicted octanol–water partition coefficient (Wildman–Crippen LogP) is 3.07. The largest absolute Gasteiger partial charge is 0.486 e.